The molecule has 0 aliphatic carbocycles. The van der Waals surface area contributed by atoms with Crippen LogP contribution in [0.5, 0.6) is 0 Å². The van der Waals surface area contributed by atoms with Gasteiger partial charge in [0.25, 0.3) is 0 Å². The fourth-order valence-electron chi connectivity index (χ4n) is 3.65. The molecule has 22 heavy (non-hydrogen) atoms. The van der Waals surface area contributed by atoms with E-state index in [1.165, 1.54) is 0 Å². The molecule has 6 nitrogen and oxygen atoms in total. The number of ether oxygens (including phenoxy) is 1. The van der Waals surface area contributed by atoms with Crippen molar-refractivity contribution in [2.75, 3.05) is 26.7 Å². The third kappa shape index (κ3) is 3.33. The van der Waals surface area contributed by atoms with E-state index >= 15 is 0 Å². The monoisotopic (exact) mass is 306 g/mol. The normalized spacial score (nSPS) is 25.3. The molecule has 2 saturated heterocycles. The van der Waals surface area contributed by atoms with E-state index in [9.17, 15) is 4.79 Å². The zero-order valence-corrected chi connectivity index (χ0v) is 13.5. The van der Waals surface area contributed by atoms with E-state index < -0.39 is 0 Å². The van der Waals surface area contributed by atoms with Crippen molar-refractivity contribution in [3.8, 4) is 0 Å². The molecule has 1 spiro atoms. The molecule has 0 unspecified atom stereocenters. The minimum atomic E-state index is -0.0354. The average Bonchev–Trinajstić information content (AvgIpc) is 3.02. The van der Waals surface area contributed by atoms with Gasteiger partial charge in [-0.3, -0.25) is 9.69 Å². The highest BCUT2D eigenvalue weighted by Gasteiger charge is 2.41. The standard InChI is InChI=1S/C16H26N4O2/c1-13(21)19(2)14-3-10-22-16(11-14)4-8-20(9-5-16)12-15-17-6-7-18-15/h6-7,14H,3-5,8-12H2,1-2H3,(H,17,18)/t14-/m1/s1. The molecule has 1 aromatic rings. The second kappa shape index (κ2) is 6.38. The summed E-state index contributed by atoms with van der Waals surface area (Å²) in [5.41, 5.74) is -0.0354. The van der Waals surface area contributed by atoms with Gasteiger partial charge >= 0.3 is 0 Å². The van der Waals surface area contributed by atoms with Crippen LogP contribution in [0.25, 0.3) is 0 Å². The molecular formula is C16H26N4O2. The van der Waals surface area contributed by atoms with Crippen molar-refractivity contribution in [2.24, 2.45) is 0 Å². The molecule has 2 aliphatic rings. The van der Waals surface area contributed by atoms with Crippen molar-refractivity contribution >= 4 is 5.91 Å². The van der Waals surface area contributed by atoms with Crippen molar-refractivity contribution < 1.29 is 9.53 Å². The number of likely N-dealkylation sites (tertiary alicyclic amines) is 1. The van der Waals surface area contributed by atoms with Gasteiger partial charge in [-0.15, -0.1) is 0 Å². The van der Waals surface area contributed by atoms with E-state index in [-0.39, 0.29) is 11.5 Å². The fourth-order valence-corrected chi connectivity index (χ4v) is 3.65. The number of hydrogen-bond donors (Lipinski definition) is 1. The number of rotatable bonds is 3. The molecule has 3 heterocycles. The van der Waals surface area contributed by atoms with Gasteiger partial charge in [0.05, 0.1) is 12.1 Å². The maximum atomic E-state index is 11.6. The lowest BCUT2D eigenvalue weighted by atomic mass is 9.82. The lowest BCUT2D eigenvalue weighted by Gasteiger charge is -2.47. The molecule has 0 radical (unpaired) electrons. The highest BCUT2D eigenvalue weighted by molar-refractivity contribution is 5.73. The van der Waals surface area contributed by atoms with Crippen LogP contribution in [-0.2, 0) is 16.1 Å². The molecule has 2 aliphatic heterocycles. The van der Waals surface area contributed by atoms with Crippen LogP contribution in [0, 0.1) is 0 Å². The van der Waals surface area contributed by atoms with Crippen LogP contribution >= 0.6 is 0 Å². The maximum absolute atomic E-state index is 11.6. The molecule has 1 atom stereocenters. The van der Waals surface area contributed by atoms with E-state index in [1.807, 2.05) is 18.1 Å². The van der Waals surface area contributed by atoms with E-state index in [2.05, 4.69) is 14.9 Å². The quantitative estimate of drug-likeness (QED) is 0.917. The Bertz CT molecular complexity index is 494. The summed E-state index contributed by atoms with van der Waals surface area (Å²) in [5.74, 6) is 1.17. The Morgan fingerprint density at radius 1 is 1.55 bits per heavy atom. The number of carbonyl (C=O) groups is 1. The van der Waals surface area contributed by atoms with Crippen LogP contribution in [0.3, 0.4) is 0 Å². The number of aromatic amines is 1. The third-order valence-corrected chi connectivity index (χ3v) is 5.21. The third-order valence-electron chi connectivity index (χ3n) is 5.21. The van der Waals surface area contributed by atoms with Crippen LogP contribution in [-0.4, -0.2) is 64.1 Å². The van der Waals surface area contributed by atoms with Gasteiger partial charge in [-0.2, -0.15) is 0 Å². The zero-order valence-electron chi connectivity index (χ0n) is 13.5. The maximum Gasteiger partial charge on any atom is 0.219 e. The molecule has 122 valence electrons. The van der Waals surface area contributed by atoms with Crippen LogP contribution in [0.4, 0.5) is 0 Å². The van der Waals surface area contributed by atoms with Crippen molar-refractivity contribution in [3.63, 3.8) is 0 Å². The average molecular weight is 306 g/mol. The van der Waals surface area contributed by atoms with E-state index in [0.717, 1.165) is 57.7 Å². The first kappa shape index (κ1) is 15.5. The summed E-state index contributed by atoms with van der Waals surface area (Å²) in [6.07, 6.45) is 7.66. The number of H-pyrrole nitrogens is 1. The molecule has 1 aromatic heterocycles. The van der Waals surface area contributed by atoms with Gasteiger partial charge < -0.3 is 14.6 Å². The molecule has 1 amide bonds. The molecule has 0 bridgehead atoms. The van der Waals surface area contributed by atoms with E-state index in [0.29, 0.717) is 6.04 Å². The highest BCUT2D eigenvalue weighted by atomic mass is 16.5. The van der Waals surface area contributed by atoms with Crippen molar-refractivity contribution in [2.45, 2.75) is 50.8 Å². The summed E-state index contributed by atoms with van der Waals surface area (Å²) in [6.45, 7) is 5.34. The van der Waals surface area contributed by atoms with Gasteiger partial charge in [0.15, 0.2) is 0 Å². The molecule has 0 saturated carbocycles. The lowest BCUT2D eigenvalue weighted by Crippen LogP contribution is -2.53. The van der Waals surface area contributed by atoms with Crippen molar-refractivity contribution in [3.05, 3.63) is 18.2 Å². The molecular weight excluding hydrogens is 280 g/mol. The second-order valence-electron chi connectivity index (χ2n) is 6.62. The minimum Gasteiger partial charge on any atom is -0.375 e. The van der Waals surface area contributed by atoms with Gasteiger partial charge in [-0.05, 0) is 25.7 Å². The number of piperidine rings is 1. The predicted octanol–water partition coefficient (Wildman–Crippen LogP) is 1.40. The number of nitrogens with zero attached hydrogens (tertiary/aromatic N) is 3. The zero-order chi connectivity index (χ0) is 15.6. The van der Waals surface area contributed by atoms with E-state index in [1.54, 1.807) is 13.1 Å². The number of nitrogens with one attached hydrogen (secondary N) is 1. The topological polar surface area (TPSA) is 61.5 Å². The Balaban J connectivity index is 1.56. The highest BCUT2D eigenvalue weighted by Crippen LogP contribution is 2.36. The van der Waals surface area contributed by atoms with Gasteiger partial charge in [-0.1, -0.05) is 0 Å². The molecule has 1 N–H and O–H groups in total. The lowest BCUT2D eigenvalue weighted by molar-refractivity contribution is -0.147. The summed E-state index contributed by atoms with van der Waals surface area (Å²) in [5, 5.41) is 0. The largest absolute Gasteiger partial charge is 0.375 e. The van der Waals surface area contributed by atoms with E-state index in [4.69, 9.17) is 4.74 Å². The molecule has 2 fully saturated rings. The Labute approximate surface area is 131 Å². The van der Waals surface area contributed by atoms with Gasteiger partial charge in [-0.25, -0.2) is 4.98 Å². The molecule has 3 rings (SSSR count). The smallest absolute Gasteiger partial charge is 0.219 e. The minimum absolute atomic E-state index is 0.0354. The first-order valence-corrected chi connectivity index (χ1v) is 8.16. The summed E-state index contributed by atoms with van der Waals surface area (Å²) in [4.78, 5) is 23.4. The Kier molecular flexibility index (Phi) is 4.49. The van der Waals surface area contributed by atoms with Crippen LogP contribution in [0.1, 0.15) is 38.4 Å². The first-order chi connectivity index (χ1) is 10.6. The van der Waals surface area contributed by atoms with Crippen LogP contribution in [0.2, 0.25) is 0 Å². The number of amides is 1. The summed E-state index contributed by atoms with van der Waals surface area (Å²) < 4.78 is 6.16. The number of carbonyl (C=O) groups excluding carboxylic acids is 1. The Morgan fingerprint density at radius 2 is 2.32 bits per heavy atom. The van der Waals surface area contributed by atoms with Gasteiger partial charge in [0.1, 0.15) is 5.82 Å². The summed E-state index contributed by atoms with van der Waals surface area (Å²) in [7, 11) is 1.91. The van der Waals surface area contributed by atoms with Crippen LogP contribution < -0.4 is 0 Å². The predicted molar refractivity (Wildman–Crippen MR) is 83.2 cm³/mol. The number of aromatic nitrogens is 2. The summed E-state index contributed by atoms with van der Waals surface area (Å²) >= 11 is 0. The molecule has 0 aromatic carbocycles. The fraction of sp³-hybridized carbons (Fsp3) is 0.750. The first-order valence-electron chi connectivity index (χ1n) is 8.16. The second-order valence-corrected chi connectivity index (χ2v) is 6.62. The van der Waals surface area contributed by atoms with Crippen LogP contribution in [0.15, 0.2) is 12.4 Å². The van der Waals surface area contributed by atoms with Gasteiger partial charge in [0, 0.05) is 52.1 Å². The number of hydrogen-bond acceptors (Lipinski definition) is 4. The van der Waals surface area contributed by atoms with Gasteiger partial charge in [0.2, 0.25) is 5.91 Å². The Morgan fingerprint density at radius 3 is 2.95 bits per heavy atom. The molecule has 6 heteroatoms. The van der Waals surface area contributed by atoms with Crippen molar-refractivity contribution in [1.82, 2.24) is 19.8 Å². The summed E-state index contributed by atoms with van der Waals surface area (Å²) in [6, 6.07) is 0.322. The number of imidazole rings is 1. The Hall–Kier alpha value is -1.40. The SMILES string of the molecule is CC(=O)N(C)[C@@H]1CCOC2(CCN(Cc3ncc[nH]3)CC2)C1. The van der Waals surface area contributed by atoms with Crippen molar-refractivity contribution in [1.29, 1.82) is 0 Å².